The van der Waals surface area contributed by atoms with Crippen LogP contribution in [0.15, 0.2) is 18.3 Å². The average Bonchev–Trinajstić information content (AvgIpc) is 2.59. The summed E-state index contributed by atoms with van der Waals surface area (Å²) in [4.78, 5) is 30.3. The van der Waals surface area contributed by atoms with Crippen LogP contribution < -0.4 is 15.5 Å². The number of carbonyl (C=O) groups excluding carboxylic acids is 2. The summed E-state index contributed by atoms with van der Waals surface area (Å²) in [5, 5.41) is 5.31. The summed E-state index contributed by atoms with van der Waals surface area (Å²) < 4.78 is 37.7. The van der Waals surface area contributed by atoms with Crippen LogP contribution in [-0.2, 0) is 15.8 Å². The van der Waals surface area contributed by atoms with E-state index in [1.165, 1.54) is 13.0 Å². The Morgan fingerprint density at radius 2 is 1.77 bits per heavy atom. The minimum atomic E-state index is -4.39. The molecule has 0 aliphatic carbocycles. The molecule has 1 aromatic heterocycles. The number of nitrogens with zero attached hydrogens (tertiary/aromatic N) is 3. The zero-order valence-corrected chi connectivity index (χ0v) is 14.5. The molecular weight excluding hydrogens is 351 g/mol. The highest BCUT2D eigenvalue weighted by Gasteiger charge is 2.31. The fraction of sp³-hybridized carbons (Fsp3) is 0.562. The monoisotopic (exact) mass is 373 g/mol. The molecule has 1 fully saturated rings. The van der Waals surface area contributed by atoms with Gasteiger partial charge in [-0.05, 0) is 12.1 Å². The first-order chi connectivity index (χ1) is 12.3. The summed E-state index contributed by atoms with van der Waals surface area (Å²) in [5.74, 6) is 0.223. The lowest BCUT2D eigenvalue weighted by Gasteiger charge is -2.35. The van der Waals surface area contributed by atoms with Gasteiger partial charge in [0.25, 0.3) is 0 Å². The van der Waals surface area contributed by atoms with E-state index in [2.05, 4.69) is 15.6 Å². The van der Waals surface area contributed by atoms with Gasteiger partial charge in [-0.15, -0.1) is 0 Å². The molecule has 0 unspecified atom stereocenters. The van der Waals surface area contributed by atoms with Crippen LogP contribution >= 0.6 is 0 Å². The quantitative estimate of drug-likeness (QED) is 0.709. The van der Waals surface area contributed by atoms with Crippen LogP contribution in [0.2, 0.25) is 0 Å². The normalized spacial score (nSPS) is 15.6. The number of halogens is 3. The van der Waals surface area contributed by atoms with Crippen molar-refractivity contribution in [3.8, 4) is 0 Å². The predicted octanol–water partition coefficient (Wildman–Crippen LogP) is 0.475. The number of carbonyl (C=O) groups is 2. The van der Waals surface area contributed by atoms with Crippen LogP contribution in [0.25, 0.3) is 0 Å². The predicted molar refractivity (Wildman–Crippen MR) is 89.6 cm³/mol. The molecule has 2 amide bonds. The highest BCUT2D eigenvalue weighted by molar-refractivity contribution is 5.78. The summed E-state index contributed by atoms with van der Waals surface area (Å²) in [6.45, 7) is 4.79. The second-order valence-electron chi connectivity index (χ2n) is 6.00. The van der Waals surface area contributed by atoms with E-state index in [0.29, 0.717) is 45.1 Å². The van der Waals surface area contributed by atoms with Gasteiger partial charge in [0.05, 0.1) is 12.1 Å². The van der Waals surface area contributed by atoms with E-state index >= 15 is 0 Å². The van der Waals surface area contributed by atoms with Crippen molar-refractivity contribution >= 4 is 17.6 Å². The maximum Gasteiger partial charge on any atom is 0.417 e. The zero-order chi connectivity index (χ0) is 19.2. The number of rotatable bonds is 6. The molecule has 1 aliphatic rings. The highest BCUT2D eigenvalue weighted by Crippen LogP contribution is 2.29. The minimum absolute atomic E-state index is 0.128. The lowest BCUT2D eigenvalue weighted by atomic mass is 10.2. The van der Waals surface area contributed by atoms with Crippen LogP contribution in [0.5, 0.6) is 0 Å². The SMILES string of the molecule is CC(=O)NCCNC(=O)CN1CCN(c2ccc(C(F)(F)F)cn2)CC1. The number of hydrogen-bond acceptors (Lipinski definition) is 5. The standard InChI is InChI=1S/C16H22F3N5O2/c1-12(25)20-4-5-21-15(26)11-23-6-8-24(9-7-23)14-3-2-13(10-22-14)16(17,18)19/h2-3,10H,4-9,11H2,1H3,(H,20,25)(H,21,26). The van der Waals surface area contributed by atoms with E-state index in [0.717, 1.165) is 12.3 Å². The van der Waals surface area contributed by atoms with Gasteiger partial charge < -0.3 is 15.5 Å². The number of pyridine rings is 1. The molecule has 0 atom stereocenters. The Morgan fingerprint density at radius 3 is 2.31 bits per heavy atom. The topological polar surface area (TPSA) is 77.6 Å². The Bertz CT molecular complexity index is 613. The van der Waals surface area contributed by atoms with Crippen molar-refractivity contribution in [2.24, 2.45) is 0 Å². The van der Waals surface area contributed by atoms with Crippen LogP contribution in [0.3, 0.4) is 0 Å². The van der Waals surface area contributed by atoms with Crippen molar-refractivity contribution in [3.63, 3.8) is 0 Å². The molecule has 2 rings (SSSR count). The molecular formula is C16H22F3N5O2. The smallest absolute Gasteiger partial charge is 0.355 e. The van der Waals surface area contributed by atoms with E-state index in [1.807, 2.05) is 9.80 Å². The molecule has 10 heteroatoms. The number of hydrogen-bond donors (Lipinski definition) is 2. The summed E-state index contributed by atoms with van der Waals surface area (Å²) in [6.07, 6.45) is -3.55. The third-order valence-corrected chi connectivity index (χ3v) is 3.96. The zero-order valence-electron chi connectivity index (χ0n) is 14.5. The van der Waals surface area contributed by atoms with Crippen molar-refractivity contribution in [1.82, 2.24) is 20.5 Å². The van der Waals surface area contributed by atoms with Gasteiger partial charge in [-0.2, -0.15) is 13.2 Å². The van der Waals surface area contributed by atoms with Crippen LogP contribution in [0.1, 0.15) is 12.5 Å². The molecule has 0 radical (unpaired) electrons. The third kappa shape index (κ3) is 6.17. The summed E-state index contributed by atoms with van der Waals surface area (Å²) in [6, 6.07) is 2.39. The van der Waals surface area contributed by atoms with E-state index in [9.17, 15) is 22.8 Å². The highest BCUT2D eigenvalue weighted by atomic mass is 19.4. The number of alkyl halides is 3. The first-order valence-electron chi connectivity index (χ1n) is 8.27. The molecule has 144 valence electrons. The van der Waals surface area contributed by atoms with Gasteiger partial charge in [-0.3, -0.25) is 14.5 Å². The first kappa shape index (κ1) is 20.0. The summed E-state index contributed by atoms with van der Waals surface area (Å²) >= 11 is 0. The van der Waals surface area contributed by atoms with Gasteiger partial charge >= 0.3 is 6.18 Å². The Labute approximate surface area is 149 Å². The van der Waals surface area contributed by atoms with Crippen molar-refractivity contribution in [2.75, 3.05) is 50.7 Å². The van der Waals surface area contributed by atoms with Crippen LogP contribution in [-0.4, -0.2) is 67.5 Å². The molecule has 2 N–H and O–H groups in total. The molecule has 2 heterocycles. The van der Waals surface area contributed by atoms with Gasteiger partial charge in [-0.25, -0.2) is 4.98 Å². The Hall–Kier alpha value is -2.36. The fourth-order valence-electron chi connectivity index (χ4n) is 2.58. The third-order valence-electron chi connectivity index (χ3n) is 3.96. The summed E-state index contributed by atoms with van der Waals surface area (Å²) in [7, 11) is 0. The lowest BCUT2D eigenvalue weighted by molar-refractivity contribution is -0.137. The van der Waals surface area contributed by atoms with Gasteiger partial charge in [0, 0.05) is 52.4 Å². The Morgan fingerprint density at radius 1 is 1.12 bits per heavy atom. The van der Waals surface area contributed by atoms with E-state index in [4.69, 9.17) is 0 Å². The van der Waals surface area contributed by atoms with Gasteiger partial charge in [-0.1, -0.05) is 0 Å². The molecule has 0 saturated carbocycles. The van der Waals surface area contributed by atoms with Crippen molar-refractivity contribution in [3.05, 3.63) is 23.9 Å². The molecule has 0 aromatic carbocycles. The largest absolute Gasteiger partial charge is 0.417 e. The van der Waals surface area contributed by atoms with Gasteiger partial charge in [0.15, 0.2) is 0 Å². The van der Waals surface area contributed by atoms with Gasteiger partial charge in [0.2, 0.25) is 11.8 Å². The first-order valence-corrected chi connectivity index (χ1v) is 8.27. The molecule has 1 aliphatic heterocycles. The Balaban J connectivity index is 1.73. The maximum absolute atomic E-state index is 12.6. The maximum atomic E-state index is 12.6. The molecule has 0 spiro atoms. The van der Waals surface area contributed by atoms with Crippen molar-refractivity contribution in [1.29, 1.82) is 0 Å². The van der Waals surface area contributed by atoms with E-state index in [-0.39, 0.29) is 18.4 Å². The van der Waals surface area contributed by atoms with E-state index < -0.39 is 11.7 Å². The number of amides is 2. The second-order valence-corrected chi connectivity index (χ2v) is 6.00. The minimum Gasteiger partial charge on any atom is -0.355 e. The van der Waals surface area contributed by atoms with Crippen molar-refractivity contribution < 1.29 is 22.8 Å². The van der Waals surface area contributed by atoms with E-state index in [1.54, 1.807) is 0 Å². The average molecular weight is 373 g/mol. The lowest BCUT2D eigenvalue weighted by Crippen LogP contribution is -2.50. The molecule has 0 bridgehead atoms. The number of nitrogens with one attached hydrogen (secondary N) is 2. The fourth-order valence-corrected chi connectivity index (χ4v) is 2.58. The van der Waals surface area contributed by atoms with Gasteiger partial charge in [0.1, 0.15) is 5.82 Å². The molecule has 1 saturated heterocycles. The Kier molecular flexibility index (Phi) is 6.78. The number of anilines is 1. The molecule has 7 nitrogen and oxygen atoms in total. The summed E-state index contributed by atoms with van der Waals surface area (Å²) in [5.41, 5.74) is -0.768. The van der Waals surface area contributed by atoms with Crippen molar-refractivity contribution in [2.45, 2.75) is 13.1 Å². The molecule has 26 heavy (non-hydrogen) atoms. The molecule has 1 aromatic rings. The second kappa shape index (κ2) is 8.84. The van der Waals surface area contributed by atoms with Crippen LogP contribution in [0.4, 0.5) is 19.0 Å². The van der Waals surface area contributed by atoms with Crippen LogP contribution in [0, 0.1) is 0 Å². The number of aromatic nitrogens is 1. The number of piperazine rings is 1.